The molecule has 5 rings (SSSR count). The molecule has 3 heterocycles. The molecule has 1 amide bonds. The van der Waals surface area contributed by atoms with Crippen LogP contribution in [-0.4, -0.2) is 56.3 Å². The minimum Gasteiger partial charge on any atom is -0.336 e. The smallest absolute Gasteiger partial charge is 0.274 e. The Balaban J connectivity index is 1.68. The van der Waals surface area contributed by atoms with Crippen LogP contribution in [0.2, 0.25) is 0 Å². The fourth-order valence-electron chi connectivity index (χ4n) is 4.96. The summed E-state index contributed by atoms with van der Waals surface area (Å²) in [7, 11) is 3.81. The van der Waals surface area contributed by atoms with Gasteiger partial charge in [-0.1, -0.05) is 0 Å². The van der Waals surface area contributed by atoms with Crippen LogP contribution in [0, 0.1) is 31.0 Å². The number of piperidine rings is 1. The molecule has 1 aliphatic heterocycles. The van der Waals surface area contributed by atoms with Crippen LogP contribution < -0.4 is 5.32 Å². The van der Waals surface area contributed by atoms with Gasteiger partial charge in [0.1, 0.15) is 23.4 Å². The molecule has 1 N–H and O–H groups in total. The van der Waals surface area contributed by atoms with Gasteiger partial charge in [0.15, 0.2) is 0 Å². The van der Waals surface area contributed by atoms with E-state index in [9.17, 15) is 14.4 Å². The van der Waals surface area contributed by atoms with E-state index in [-0.39, 0.29) is 17.5 Å². The molecule has 0 unspecified atom stereocenters. The predicted molar refractivity (Wildman–Crippen MR) is 135 cm³/mol. The summed E-state index contributed by atoms with van der Waals surface area (Å²) in [6.45, 7) is 5.15. The molecule has 1 fully saturated rings. The van der Waals surface area contributed by atoms with E-state index in [4.69, 9.17) is 4.98 Å². The number of rotatable bonds is 4. The molecule has 1 aliphatic rings. The Hall–Kier alpha value is -4.03. The minimum absolute atomic E-state index is 0.0382. The lowest BCUT2D eigenvalue weighted by molar-refractivity contribution is 0.0692. The fraction of sp³-hybridized carbons (Fsp3) is 0.333. The number of carbonyl (C=O) groups excluding carboxylic acids is 1. The Morgan fingerprint density at radius 2 is 2.00 bits per heavy atom. The number of imidazole rings is 1. The molecule has 0 bridgehead atoms. The maximum atomic E-state index is 14.6. The second-order valence-corrected chi connectivity index (χ2v) is 9.30. The lowest BCUT2D eigenvalue weighted by Crippen LogP contribution is -2.47. The first-order valence-corrected chi connectivity index (χ1v) is 12.0. The SMILES string of the molecule is CN[C@@H]1CCCN(C(=O)c2nc(-c3ccc(C#N)c(F)c3)n(-c3ccc4nn(C)c(C)c4c3)c2C)C1. The first kappa shape index (κ1) is 23.7. The third kappa shape index (κ3) is 3.93. The highest BCUT2D eigenvalue weighted by Gasteiger charge is 2.29. The van der Waals surface area contributed by atoms with Gasteiger partial charge in [0, 0.05) is 48.5 Å². The third-order valence-electron chi connectivity index (χ3n) is 7.15. The standard InChI is InChI=1S/C27H28FN7O/c1-16-22-13-21(9-10-24(22)32-33(16)4)35-17(2)25(27(36)34-11-5-6-20(15-34)30-3)31-26(35)18-7-8-19(14-29)23(28)12-18/h7-10,12-13,20,30H,5-6,11,15H2,1-4H3/t20-/m1/s1. The van der Waals surface area contributed by atoms with Gasteiger partial charge >= 0.3 is 0 Å². The quantitative estimate of drug-likeness (QED) is 0.474. The number of nitriles is 1. The molecular formula is C27H28FN7O. The number of aromatic nitrogens is 4. The lowest BCUT2D eigenvalue weighted by Gasteiger charge is -2.32. The number of hydrogen-bond donors (Lipinski definition) is 1. The van der Waals surface area contributed by atoms with Crippen LogP contribution in [0.15, 0.2) is 36.4 Å². The maximum absolute atomic E-state index is 14.6. The molecule has 9 heteroatoms. The highest BCUT2D eigenvalue weighted by atomic mass is 19.1. The van der Waals surface area contributed by atoms with Crippen molar-refractivity contribution < 1.29 is 9.18 Å². The predicted octanol–water partition coefficient (Wildman–Crippen LogP) is 3.88. The number of aryl methyl sites for hydroxylation is 2. The molecule has 4 aromatic rings. The van der Waals surface area contributed by atoms with E-state index in [0.717, 1.165) is 35.1 Å². The van der Waals surface area contributed by atoms with Crippen LogP contribution >= 0.6 is 0 Å². The van der Waals surface area contributed by atoms with Gasteiger partial charge in [-0.25, -0.2) is 9.37 Å². The van der Waals surface area contributed by atoms with Crippen molar-refractivity contribution in [1.29, 1.82) is 5.26 Å². The molecule has 1 saturated heterocycles. The normalized spacial score (nSPS) is 15.9. The number of benzene rings is 2. The Labute approximate surface area is 209 Å². The lowest BCUT2D eigenvalue weighted by atomic mass is 10.1. The van der Waals surface area contributed by atoms with E-state index in [1.165, 1.54) is 12.1 Å². The molecule has 0 spiro atoms. The Bertz CT molecular complexity index is 1530. The number of carbonyl (C=O) groups is 1. The Morgan fingerprint density at radius 1 is 1.19 bits per heavy atom. The highest BCUT2D eigenvalue weighted by molar-refractivity contribution is 5.95. The first-order chi connectivity index (χ1) is 17.3. The van der Waals surface area contributed by atoms with Crippen molar-refractivity contribution in [2.75, 3.05) is 20.1 Å². The highest BCUT2D eigenvalue weighted by Crippen LogP contribution is 2.31. The van der Waals surface area contributed by atoms with E-state index in [0.29, 0.717) is 35.9 Å². The average molecular weight is 486 g/mol. The number of likely N-dealkylation sites (tertiary alicyclic amines) is 1. The summed E-state index contributed by atoms with van der Waals surface area (Å²) in [6.07, 6.45) is 1.94. The number of nitrogens with one attached hydrogen (secondary N) is 1. The van der Waals surface area contributed by atoms with Crippen molar-refractivity contribution in [1.82, 2.24) is 29.5 Å². The molecule has 2 aromatic carbocycles. The summed E-state index contributed by atoms with van der Waals surface area (Å²) in [5, 5.41) is 18.0. The van der Waals surface area contributed by atoms with Crippen molar-refractivity contribution in [3.8, 4) is 23.1 Å². The summed E-state index contributed by atoms with van der Waals surface area (Å²) in [5.41, 5.74) is 4.14. The van der Waals surface area contributed by atoms with Crippen LogP contribution in [0.4, 0.5) is 4.39 Å². The number of hydrogen-bond acceptors (Lipinski definition) is 5. The number of halogens is 1. The van der Waals surface area contributed by atoms with Crippen molar-refractivity contribution in [3.05, 3.63) is 64.9 Å². The molecule has 184 valence electrons. The van der Waals surface area contributed by atoms with Gasteiger partial charge in [0.25, 0.3) is 5.91 Å². The van der Waals surface area contributed by atoms with Gasteiger partial charge in [-0.3, -0.25) is 14.0 Å². The van der Waals surface area contributed by atoms with Gasteiger partial charge in [-0.2, -0.15) is 10.4 Å². The van der Waals surface area contributed by atoms with Crippen LogP contribution in [0.3, 0.4) is 0 Å². The van der Waals surface area contributed by atoms with E-state index in [2.05, 4.69) is 10.4 Å². The number of amides is 1. The summed E-state index contributed by atoms with van der Waals surface area (Å²) in [4.78, 5) is 20.2. The van der Waals surface area contributed by atoms with Crippen molar-refractivity contribution >= 4 is 16.8 Å². The monoisotopic (exact) mass is 485 g/mol. The number of likely N-dealkylation sites (N-methyl/N-ethyl adjacent to an activating group) is 1. The summed E-state index contributed by atoms with van der Waals surface area (Å²) in [6, 6.07) is 12.4. The van der Waals surface area contributed by atoms with Crippen LogP contribution in [-0.2, 0) is 7.05 Å². The Kier molecular flexibility index (Phi) is 6.06. The van der Waals surface area contributed by atoms with Gasteiger partial charge in [0.2, 0.25) is 0 Å². The van der Waals surface area contributed by atoms with Crippen LogP contribution in [0.5, 0.6) is 0 Å². The zero-order chi connectivity index (χ0) is 25.6. The zero-order valence-corrected chi connectivity index (χ0v) is 20.8. The van der Waals surface area contributed by atoms with E-state index >= 15 is 0 Å². The molecule has 36 heavy (non-hydrogen) atoms. The molecular weight excluding hydrogens is 457 g/mol. The van der Waals surface area contributed by atoms with Crippen LogP contribution in [0.25, 0.3) is 28.0 Å². The molecule has 0 radical (unpaired) electrons. The van der Waals surface area contributed by atoms with Gasteiger partial charge in [0.05, 0.1) is 16.8 Å². The molecule has 0 saturated carbocycles. The molecule has 0 aliphatic carbocycles. The van der Waals surface area contributed by atoms with Gasteiger partial charge in [-0.15, -0.1) is 0 Å². The third-order valence-corrected chi connectivity index (χ3v) is 7.15. The van der Waals surface area contributed by atoms with Gasteiger partial charge < -0.3 is 10.2 Å². The summed E-state index contributed by atoms with van der Waals surface area (Å²) >= 11 is 0. The largest absolute Gasteiger partial charge is 0.336 e. The minimum atomic E-state index is -0.624. The van der Waals surface area contributed by atoms with Crippen LogP contribution in [0.1, 0.15) is 40.3 Å². The Morgan fingerprint density at radius 3 is 2.72 bits per heavy atom. The fourth-order valence-corrected chi connectivity index (χ4v) is 4.96. The number of nitrogens with zero attached hydrogens (tertiary/aromatic N) is 6. The number of fused-ring (bicyclic) bond motifs is 1. The molecule has 2 aromatic heterocycles. The second kappa shape index (κ2) is 9.21. The van der Waals surface area contributed by atoms with Crippen molar-refractivity contribution in [2.45, 2.75) is 32.7 Å². The zero-order valence-electron chi connectivity index (χ0n) is 20.8. The van der Waals surface area contributed by atoms with Crippen molar-refractivity contribution in [3.63, 3.8) is 0 Å². The summed E-state index contributed by atoms with van der Waals surface area (Å²) in [5.74, 6) is -0.316. The maximum Gasteiger partial charge on any atom is 0.274 e. The van der Waals surface area contributed by atoms with E-state index < -0.39 is 5.82 Å². The van der Waals surface area contributed by atoms with E-state index in [1.54, 1.807) is 6.07 Å². The van der Waals surface area contributed by atoms with Gasteiger partial charge in [-0.05, 0) is 70.1 Å². The second-order valence-electron chi connectivity index (χ2n) is 9.30. The first-order valence-electron chi connectivity index (χ1n) is 12.0. The topological polar surface area (TPSA) is 91.8 Å². The molecule has 8 nitrogen and oxygen atoms in total. The van der Waals surface area contributed by atoms with E-state index in [1.807, 2.05) is 66.4 Å². The molecule has 1 atom stereocenters. The summed E-state index contributed by atoms with van der Waals surface area (Å²) < 4.78 is 18.3. The van der Waals surface area contributed by atoms with Crippen molar-refractivity contribution in [2.24, 2.45) is 7.05 Å². The average Bonchev–Trinajstić information content (AvgIpc) is 3.38.